The second-order valence-electron chi connectivity index (χ2n) is 4.18. The molecule has 0 aromatic rings. The Kier molecular flexibility index (Phi) is 57.1. The van der Waals surface area contributed by atoms with E-state index in [-0.39, 0.29) is 22.4 Å². The van der Waals surface area contributed by atoms with Crippen molar-refractivity contribution in [1.82, 2.24) is 0 Å². The molecule has 0 saturated heterocycles. The standard InChI is InChI=1S/5C3H8O2.Ta/c5*1-3(4)5-2;/h5*3-4H,1-2H3;. The van der Waals surface area contributed by atoms with Gasteiger partial charge in [-0.05, 0) is 34.6 Å². The zero-order chi connectivity index (χ0) is 21.4. The van der Waals surface area contributed by atoms with Crippen LogP contribution in [0.3, 0.4) is 0 Å². The molecule has 0 spiro atoms. The molecule has 1 radical (unpaired) electrons. The van der Waals surface area contributed by atoms with Crippen LogP contribution >= 0.6 is 0 Å². The van der Waals surface area contributed by atoms with Gasteiger partial charge in [0.25, 0.3) is 0 Å². The average molecular weight is 561 g/mol. The summed E-state index contributed by atoms with van der Waals surface area (Å²) in [5.41, 5.74) is 0. The monoisotopic (exact) mass is 561 g/mol. The Morgan fingerprint density at radius 3 is 0.423 bits per heavy atom. The minimum absolute atomic E-state index is 0. The molecule has 26 heavy (non-hydrogen) atoms. The normalized spacial score (nSPS) is 14.4. The van der Waals surface area contributed by atoms with Crippen molar-refractivity contribution < 1.29 is 71.6 Å². The van der Waals surface area contributed by atoms with E-state index in [1.165, 1.54) is 35.5 Å². The third kappa shape index (κ3) is 124. The minimum atomic E-state index is -0.616. The molecule has 0 aromatic heterocycles. The minimum Gasteiger partial charge on any atom is -0.368 e. The smallest absolute Gasteiger partial charge is 0.151 e. The molecule has 0 aliphatic rings. The van der Waals surface area contributed by atoms with E-state index in [1.807, 2.05) is 0 Å². The fourth-order valence-electron chi connectivity index (χ4n) is 0. The molecule has 0 bridgehead atoms. The van der Waals surface area contributed by atoms with E-state index in [1.54, 1.807) is 34.6 Å². The van der Waals surface area contributed by atoms with E-state index in [4.69, 9.17) is 25.5 Å². The number of aliphatic hydroxyl groups excluding tert-OH is 5. The Morgan fingerprint density at radius 2 is 0.423 bits per heavy atom. The van der Waals surface area contributed by atoms with Crippen LogP contribution in [0, 0.1) is 0 Å². The first-order valence-corrected chi connectivity index (χ1v) is 7.40. The molecule has 10 nitrogen and oxygen atoms in total. The van der Waals surface area contributed by atoms with Gasteiger partial charge in [0.05, 0.1) is 0 Å². The molecule has 5 atom stereocenters. The third-order valence-electron chi connectivity index (χ3n) is 1.71. The van der Waals surface area contributed by atoms with Crippen molar-refractivity contribution in [2.45, 2.75) is 66.1 Å². The van der Waals surface area contributed by atoms with Gasteiger partial charge in [0, 0.05) is 57.9 Å². The Hall–Kier alpha value is 0.340. The van der Waals surface area contributed by atoms with Gasteiger partial charge in [-0.15, -0.1) is 0 Å². The summed E-state index contributed by atoms with van der Waals surface area (Å²) >= 11 is 0. The van der Waals surface area contributed by atoms with Crippen molar-refractivity contribution in [3.8, 4) is 0 Å². The van der Waals surface area contributed by atoms with Crippen molar-refractivity contribution in [3.63, 3.8) is 0 Å². The predicted octanol–water partition coefficient (Wildman–Crippen LogP) is -0.147. The number of rotatable bonds is 5. The molecule has 165 valence electrons. The van der Waals surface area contributed by atoms with Gasteiger partial charge in [0.15, 0.2) is 31.5 Å². The van der Waals surface area contributed by atoms with Crippen molar-refractivity contribution >= 4 is 0 Å². The SMILES string of the molecule is COC(C)O.COC(C)O.COC(C)O.COC(C)O.COC(C)O.[Ta]. The first-order valence-electron chi connectivity index (χ1n) is 7.40. The van der Waals surface area contributed by atoms with Crippen LogP contribution in [0.4, 0.5) is 0 Å². The van der Waals surface area contributed by atoms with Gasteiger partial charge < -0.3 is 49.2 Å². The molecule has 0 saturated carbocycles. The van der Waals surface area contributed by atoms with Crippen LogP contribution in [0.5, 0.6) is 0 Å². The van der Waals surface area contributed by atoms with Crippen LogP contribution in [0.25, 0.3) is 0 Å². The predicted molar refractivity (Wildman–Crippen MR) is 93.4 cm³/mol. The Balaban J connectivity index is -0.0000000476. The van der Waals surface area contributed by atoms with Crippen LogP contribution in [0.1, 0.15) is 34.6 Å². The molecular formula is C15H40O10Ta. The largest absolute Gasteiger partial charge is 0.368 e. The Labute approximate surface area is 173 Å². The first kappa shape index (κ1) is 40.9. The molecule has 0 aliphatic heterocycles. The third-order valence-corrected chi connectivity index (χ3v) is 1.71. The van der Waals surface area contributed by atoms with Gasteiger partial charge in [-0.1, -0.05) is 0 Å². The molecule has 0 fully saturated rings. The van der Waals surface area contributed by atoms with Gasteiger partial charge in [0.2, 0.25) is 0 Å². The van der Waals surface area contributed by atoms with Crippen LogP contribution in [0.2, 0.25) is 0 Å². The Bertz CT molecular complexity index is 147. The average Bonchev–Trinajstić information content (AvgIpc) is 2.56. The number of hydrogen-bond donors (Lipinski definition) is 5. The maximum absolute atomic E-state index is 8.14. The molecule has 11 heteroatoms. The van der Waals surface area contributed by atoms with Crippen molar-refractivity contribution in [2.75, 3.05) is 35.5 Å². The fraction of sp³-hybridized carbons (Fsp3) is 1.00. The summed E-state index contributed by atoms with van der Waals surface area (Å²) in [6.07, 6.45) is -3.08. The van der Waals surface area contributed by atoms with E-state index in [2.05, 4.69) is 23.7 Å². The van der Waals surface area contributed by atoms with Crippen LogP contribution < -0.4 is 0 Å². The summed E-state index contributed by atoms with van der Waals surface area (Å²) < 4.78 is 21.5. The molecule has 0 rings (SSSR count). The first-order chi connectivity index (χ1) is 11.4. The van der Waals surface area contributed by atoms with E-state index in [9.17, 15) is 0 Å². The second-order valence-corrected chi connectivity index (χ2v) is 4.18. The Morgan fingerprint density at radius 1 is 0.385 bits per heavy atom. The number of ether oxygens (including phenoxy) is 5. The summed E-state index contributed by atoms with van der Waals surface area (Å²) in [4.78, 5) is 0. The zero-order valence-corrected chi connectivity index (χ0v) is 20.8. The van der Waals surface area contributed by atoms with Crippen molar-refractivity contribution in [1.29, 1.82) is 0 Å². The fourth-order valence-corrected chi connectivity index (χ4v) is 0. The van der Waals surface area contributed by atoms with E-state index in [0.717, 1.165) is 0 Å². The molecular weight excluding hydrogens is 521 g/mol. The summed E-state index contributed by atoms with van der Waals surface area (Å²) in [5, 5.41) is 40.7. The summed E-state index contributed by atoms with van der Waals surface area (Å²) in [5.74, 6) is 0. The van der Waals surface area contributed by atoms with Gasteiger partial charge in [0.1, 0.15) is 0 Å². The summed E-state index contributed by atoms with van der Waals surface area (Å²) in [7, 11) is 7.25. The van der Waals surface area contributed by atoms with Gasteiger partial charge >= 0.3 is 0 Å². The van der Waals surface area contributed by atoms with Gasteiger partial charge in [-0.3, -0.25) is 0 Å². The molecule has 0 aromatic carbocycles. The molecule has 0 aliphatic carbocycles. The second kappa shape index (κ2) is 36.3. The van der Waals surface area contributed by atoms with Crippen LogP contribution in [-0.2, 0) is 46.1 Å². The number of methoxy groups -OCH3 is 5. The molecule has 0 heterocycles. The topological polar surface area (TPSA) is 147 Å². The summed E-state index contributed by atoms with van der Waals surface area (Å²) in [6.45, 7) is 7.78. The molecule has 0 amide bonds. The molecule has 5 N–H and O–H groups in total. The maximum Gasteiger partial charge on any atom is 0.151 e. The maximum atomic E-state index is 8.14. The summed E-state index contributed by atoms with van der Waals surface area (Å²) in [6, 6.07) is 0. The molecule has 5 unspecified atom stereocenters. The van der Waals surface area contributed by atoms with Gasteiger partial charge in [-0.25, -0.2) is 0 Å². The van der Waals surface area contributed by atoms with Crippen molar-refractivity contribution in [3.05, 3.63) is 0 Å². The van der Waals surface area contributed by atoms with Gasteiger partial charge in [-0.2, -0.15) is 0 Å². The van der Waals surface area contributed by atoms with Crippen LogP contribution in [-0.4, -0.2) is 92.5 Å². The van der Waals surface area contributed by atoms with E-state index >= 15 is 0 Å². The zero-order valence-electron chi connectivity index (χ0n) is 17.6. The quantitative estimate of drug-likeness (QED) is 0.287. The number of aliphatic hydroxyl groups is 5. The van der Waals surface area contributed by atoms with E-state index in [0.29, 0.717) is 0 Å². The van der Waals surface area contributed by atoms with Crippen molar-refractivity contribution in [2.24, 2.45) is 0 Å². The van der Waals surface area contributed by atoms with Crippen LogP contribution in [0.15, 0.2) is 0 Å². The van der Waals surface area contributed by atoms with E-state index < -0.39 is 31.5 Å². The number of hydrogen-bond acceptors (Lipinski definition) is 10.